The number of rotatable bonds is 3. The summed E-state index contributed by atoms with van der Waals surface area (Å²) in [6.45, 7) is 6.77. The van der Waals surface area contributed by atoms with Crippen LogP contribution >= 0.6 is 34.3 Å². The molecular weight excluding hydrogens is 374 g/mol. The van der Waals surface area contributed by atoms with Crippen molar-refractivity contribution in [1.29, 1.82) is 0 Å². The van der Waals surface area contributed by atoms with Crippen molar-refractivity contribution < 1.29 is 4.79 Å². The highest BCUT2D eigenvalue weighted by molar-refractivity contribution is 7.23. The number of halogens is 1. The van der Waals surface area contributed by atoms with Crippen molar-refractivity contribution in [1.82, 2.24) is 9.88 Å². The van der Waals surface area contributed by atoms with Crippen molar-refractivity contribution in [2.24, 2.45) is 0 Å². The average Bonchev–Trinajstić information content (AvgIpc) is 3.13. The summed E-state index contributed by atoms with van der Waals surface area (Å²) in [5.41, 5.74) is 3.35. The topological polar surface area (TPSA) is 45.2 Å². The molecule has 0 atom stereocenters. The Morgan fingerprint density at radius 2 is 2.24 bits per heavy atom. The number of benzene rings is 1. The van der Waals surface area contributed by atoms with Gasteiger partial charge in [-0.3, -0.25) is 9.69 Å². The fourth-order valence-electron chi connectivity index (χ4n) is 3.21. The SMILES string of the molecule is CCN1CCc2c(sc(NC(C)=O)c2-c2nc3cc(Cl)ccc3s2)C1. The van der Waals surface area contributed by atoms with Gasteiger partial charge < -0.3 is 5.32 Å². The molecule has 1 N–H and O–H groups in total. The zero-order chi connectivity index (χ0) is 17.6. The molecule has 1 aliphatic heterocycles. The van der Waals surface area contributed by atoms with Crippen LogP contribution < -0.4 is 5.32 Å². The fraction of sp³-hybridized carbons (Fsp3) is 0.333. The normalized spacial score (nSPS) is 14.7. The first-order chi connectivity index (χ1) is 12.0. The van der Waals surface area contributed by atoms with Gasteiger partial charge in [-0.15, -0.1) is 22.7 Å². The molecule has 3 heterocycles. The summed E-state index contributed by atoms with van der Waals surface area (Å²) in [6.07, 6.45) is 0.991. The van der Waals surface area contributed by atoms with E-state index in [1.807, 2.05) is 18.2 Å². The molecule has 0 spiro atoms. The van der Waals surface area contributed by atoms with Crippen LogP contribution in [0.25, 0.3) is 20.8 Å². The van der Waals surface area contributed by atoms with E-state index >= 15 is 0 Å². The van der Waals surface area contributed by atoms with E-state index in [0.717, 1.165) is 51.8 Å². The standard InChI is InChI=1S/C18H18ClN3OS2/c1-3-22-7-6-12-15(9-22)25-17(20-10(2)23)16(12)18-21-13-8-11(19)4-5-14(13)24-18/h4-5,8H,3,6-7,9H2,1-2H3,(H,20,23). The van der Waals surface area contributed by atoms with Gasteiger partial charge in [0.2, 0.25) is 5.91 Å². The molecule has 25 heavy (non-hydrogen) atoms. The number of nitrogens with zero attached hydrogens (tertiary/aromatic N) is 2. The first-order valence-electron chi connectivity index (χ1n) is 8.26. The molecule has 4 rings (SSSR count). The van der Waals surface area contributed by atoms with Crippen LogP contribution in [0.5, 0.6) is 0 Å². The van der Waals surface area contributed by atoms with Crippen LogP contribution in [-0.2, 0) is 17.8 Å². The molecule has 0 saturated heterocycles. The highest BCUT2D eigenvalue weighted by Crippen LogP contribution is 2.45. The Labute approximate surface area is 159 Å². The largest absolute Gasteiger partial charge is 0.317 e. The molecule has 0 bridgehead atoms. The zero-order valence-electron chi connectivity index (χ0n) is 14.1. The van der Waals surface area contributed by atoms with Crippen LogP contribution in [0.2, 0.25) is 5.02 Å². The van der Waals surface area contributed by atoms with Crippen LogP contribution in [0.4, 0.5) is 5.00 Å². The number of nitrogens with one attached hydrogen (secondary N) is 1. The van der Waals surface area contributed by atoms with E-state index in [4.69, 9.17) is 16.6 Å². The van der Waals surface area contributed by atoms with Gasteiger partial charge >= 0.3 is 0 Å². The number of fused-ring (bicyclic) bond motifs is 2. The highest BCUT2D eigenvalue weighted by atomic mass is 35.5. The third-order valence-electron chi connectivity index (χ3n) is 4.44. The van der Waals surface area contributed by atoms with Crippen LogP contribution in [0.1, 0.15) is 24.3 Å². The Balaban J connectivity index is 1.86. The number of anilines is 1. The summed E-state index contributed by atoms with van der Waals surface area (Å²) in [7, 11) is 0. The first-order valence-corrected chi connectivity index (χ1v) is 10.3. The lowest BCUT2D eigenvalue weighted by molar-refractivity contribution is -0.114. The van der Waals surface area contributed by atoms with Gasteiger partial charge in [-0.1, -0.05) is 18.5 Å². The molecule has 1 aliphatic rings. The predicted molar refractivity (Wildman–Crippen MR) is 107 cm³/mol. The minimum absolute atomic E-state index is 0.0450. The maximum atomic E-state index is 11.7. The number of likely N-dealkylation sites (N-methyl/N-ethyl adjacent to an activating group) is 1. The fourth-order valence-corrected chi connectivity index (χ4v) is 5.80. The third-order valence-corrected chi connectivity index (χ3v) is 6.86. The molecule has 130 valence electrons. The lowest BCUT2D eigenvalue weighted by Gasteiger charge is -2.25. The van der Waals surface area contributed by atoms with Crippen LogP contribution in [0.3, 0.4) is 0 Å². The molecule has 0 radical (unpaired) electrons. The molecule has 1 aromatic carbocycles. The maximum absolute atomic E-state index is 11.7. The summed E-state index contributed by atoms with van der Waals surface area (Å²) in [5, 5.41) is 5.59. The maximum Gasteiger partial charge on any atom is 0.221 e. The van der Waals surface area contributed by atoms with E-state index in [-0.39, 0.29) is 5.91 Å². The van der Waals surface area contributed by atoms with Gasteiger partial charge in [0.25, 0.3) is 0 Å². The molecule has 1 amide bonds. The van der Waals surface area contributed by atoms with Crippen LogP contribution in [0, 0.1) is 0 Å². The number of aromatic nitrogens is 1. The molecule has 0 unspecified atom stereocenters. The number of carbonyl (C=O) groups is 1. The van der Waals surface area contributed by atoms with Gasteiger partial charge in [-0.25, -0.2) is 4.98 Å². The van der Waals surface area contributed by atoms with Gasteiger partial charge in [0.15, 0.2) is 0 Å². The van der Waals surface area contributed by atoms with E-state index in [9.17, 15) is 4.79 Å². The average molecular weight is 392 g/mol. The summed E-state index contributed by atoms with van der Waals surface area (Å²) in [6, 6.07) is 5.80. The molecular formula is C18H18ClN3OS2. The second kappa shape index (κ2) is 6.68. The second-order valence-corrected chi connectivity index (χ2v) is 8.71. The van der Waals surface area contributed by atoms with Gasteiger partial charge in [0.1, 0.15) is 10.0 Å². The van der Waals surface area contributed by atoms with Crippen molar-refractivity contribution in [3.63, 3.8) is 0 Å². The Hall–Kier alpha value is -1.47. The van der Waals surface area contributed by atoms with E-state index in [1.165, 1.54) is 10.4 Å². The smallest absolute Gasteiger partial charge is 0.221 e. The number of amides is 1. The molecule has 0 saturated carbocycles. The number of hydrogen-bond acceptors (Lipinski definition) is 5. The van der Waals surface area contributed by atoms with Crippen molar-refractivity contribution in [3.05, 3.63) is 33.7 Å². The molecule has 0 fully saturated rings. The minimum atomic E-state index is -0.0450. The molecule has 3 aromatic rings. The van der Waals surface area contributed by atoms with Gasteiger partial charge in [-0.05, 0) is 36.7 Å². The lowest BCUT2D eigenvalue weighted by atomic mass is 10.0. The van der Waals surface area contributed by atoms with E-state index in [0.29, 0.717) is 5.02 Å². The molecule has 4 nitrogen and oxygen atoms in total. The summed E-state index contributed by atoms with van der Waals surface area (Å²) in [5.74, 6) is -0.0450. The van der Waals surface area contributed by atoms with Crippen molar-refractivity contribution in [2.45, 2.75) is 26.8 Å². The van der Waals surface area contributed by atoms with Gasteiger partial charge in [0.05, 0.1) is 10.2 Å². The highest BCUT2D eigenvalue weighted by Gasteiger charge is 2.26. The number of thiophene rings is 1. The second-order valence-electron chi connectivity index (χ2n) is 6.14. The van der Waals surface area contributed by atoms with Crippen LogP contribution in [0.15, 0.2) is 18.2 Å². The number of carbonyl (C=O) groups excluding carboxylic acids is 1. The Bertz CT molecular complexity index is 963. The van der Waals surface area contributed by atoms with E-state index in [2.05, 4.69) is 17.1 Å². The molecule has 2 aromatic heterocycles. The van der Waals surface area contributed by atoms with Crippen LogP contribution in [-0.4, -0.2) is 28.9 Å². The summed E-state index contributed by atoms with van der Waals surface area (Å²) >= 11 is 9.45. The molecule has 0 aliphatic carbocycles. The quantitative estimate of drug-likeness (QED) is 0.682. The zero-order valence-corrected chi connectivity index (χ0v) is 16.4. The van der Waals surface area contributed by atoms with E-state index < -0.39 is 0 Å². The van der Waals surface area contributed by atoms with Crippen molar-refractivity contribution >= 4 is 55.4 Å². The predicted octanol–water partition coefficient (Wildman–Crippen LogP) is 5.01. The third kappa shape index (κ3) is 3.19. The lowest BCUT2D eigenvalue weighted by Crippen LogP contribution is -2.29. The monoisotopic (exact) mass is 391 g/mol. The van der Waals surface area contributed by atoms with Crippen molar-refractivity contribution in [2.75, 3.05) is 18.4 Å². The first kappa shape index (κ1) is 17.0. The number of hydrogen-bond donors (Lipinski definition) is 1. The minimum Gasteiger partial charge on any atom is -0.317 e. The number of thiazole rings is 1. The van der Waals surface area contributed by atoms with E-state index in [1.54, 1.807) is 29.6 Å². The molecule has 7 heteroatoms. The Morgan fingerprint density at radius 3 is 3.00 bits per heavy atom. The van der Waals surface area contributed by atoms with Gasteiger partial charge in [-0.2, -0.15) is 0 Å². The summed E-state index contributed by atoms with van der Waals surface area (Å²) < 4.78 is 1.11. The Morgan fingerprint density at radius 1 is 1.40 bits per heavy atom. The van der Waals surface area contributed by atoms with Crippen molar-refractivity contribution in [3.8, 4) is 10.6 Å². The van der Waals surface area contributed by atoms with Gasteiger partial charge in [0, 0.05) is 35.5 Å². The summed E-state index contributed by atoms with van der Waals surface area (Å²) in [4.78, 5) is 20.3. The Kier molecular flexibility index (Phi) is 4.54.